The summed E-state index contributed by atoms with van der Waals surface area (Å²) in [5.41, 5.74) is 4.40. The van der Waals surface area contributed by atoms with Gasteiger partial charge >= 0.3 is 12.6 Å². The Labute approximate surface area is 168 Å². The number of amides is 1. The Morgan fingerprint density at radius 1 is 1.00 bits per heavy atom. The number of nitrogens with one attached hydrogen (secondary N) is 1. The molecular formula is C22H23F2NO4. The van der Waals surface area contributed by atoms with Gasteiger partial charge in [0.05, 0.1) is 6.42 Å². The van der Waals surface area contributed by atoms with E-state index in [-0.39, 0.29) is 24.7 Å². The second-order valence-electron chi connectivity index (χ2n) is 6.92. The predicted molar refractivity (Wildman–Crippen MR) is 103 cm³/mol. The molecule has 0 aliphatic heterocycles. The van der Waals surface area contributed by atoms with Crippen molar-refractivity contribution in [2.75, 3.05) is 13.2 Å². The molecule has 0 bridgehead atoms. The average molecular weight is 403 g/mol. The highest BCUT2D eigenvalue weighted by molar-refractivity contribution is 5.81. The molecule has 0 saturated carbocycles. The van der Waals surface area contributed by atoms with Gasteiger partial charge in [0, 0.05) is 6.54 Å². The molecule has 29 heavy (non-hydrogen) atoms. The van der Waals surface area contributed by atoms with Crippen molar-refractivity contribution in [2.24, 2.45) is 0 Å². The Morgan fingerprint density at radius 3 is 2.48 bits per heavy atom. The van der Waals surface area contributed by atoms with Crippen LogP contribution in [0.4, 0.5) is 8.78 Å². The lowest BCUT2D eigenvalue weighted by atomic mass is 10.0. The molecule has 0 atom stereocenters. The van der Waals surface area contributed by atoms with E-state index in [1.807, 2.05) is 12.1 Å². The van der Waals surface area contributed by atoms with Crippen molar-refractivity contribution in [3.63, 3.8) is 0 Å². The van der Waals surface area contributed by atoms with Gasteiger partial charge in [-0.25, -0.2) is 0 Å². The number of hydrogen-bond donors (Lipinski definition) is 1. The van der Waals surface area contributed by atoms with Crippen LogP contribution in [0.5, 0.6) is 5.75 Å². The number of halogens is 2. The second-order valence-corrected chi connectivity index (χ2v) is 6.92. The van der Waals surface area contributed by atoms with E-state index in [4.69, 9.17) is 4.74 Å². The van der Waals surface area contributed by atoms with Crippen molar-refractivity contribution in [2.45, 2.75) is 38.7 Å². The fourth-order valence-corrected chi connectivity index (χ4v) is 3.33. The van der Waals surface area contributed by atoms with Gasteiger partial charge in [-0.1, -0.05) is 30.3 Å². The minimum absolute atomic E-state index is 0.0862. The Morgan fingerprint density at radius 2 is 1.72 bits per heavy atom. The fourth-order valence-electron chi connectivity index (χ4n) is 3.33. The van der Waals surface area contributed by atoms with E-state index in [2.05, 4.69) is 16.1 Å². The molecule has 1 N–H and O–H groups in total. The van der Waals surface area contributed by atoms with Crippen LogP contribution in [0.25, 0.3) is 0 Å². The molecule has 7 heteroatoms. The summed E-state index contributed by atoms with van der Waals surface area (Å²) in [5.74, 6) is -0.735. The van der Waals surface area contributed by atoms with Gasteiger partial charge in [0.2, 0.25) is 0 Å². The molecule has 5 nitrogen and oxygen atoms in total. The molecule has 1 aliphatic rings. The summed E-state index contributed by atoms with van der Waals surface area (Å²) in [5, 5.41) is 2.66. The lowest BCUT2D eigenvalue weighted by Gasteiger charge is -2.08. The molecule has 0 fully saturated rings. The van der Waals surface area contributed by atoms with E-state index < -0.39 is 12.6 Å². The maximum atomic E-state index is 12.1. The normalized spacial score (nSPS) is 12.5. The first-order chi connectivity index (χ1) is 14.0. The van der Waals surface area contributed by atoms with Crippen LogP contribution in [-0.4, -0.2) is 31.6 Å². The summed E-state index contributed by atoms with van der Waals surface area (Å²) in [6.45, 7) is -2.84. The summed E-state index contributed by atoms with van der Waals surface area (Å²) >= 11 is 0. The maximum absolute atomic E-state index is 12.1. The summed E-state index contributed by atoms with van der Waals surface area (Å²) in [7, 11) is 0. The third-order valence-corrected chi connectivity index (χ3v) is 4.76. The van der Waals surface area contributed by atoms with Crippen LogP contribution in [0, 0.1) is 0 Å². The van der Waals surface area contributed by atoms with Crippen molar-refractivity contribution in [3.8, 4) is 5.75 Å². The van der Waals surface area contributed by atoms with Crippen LogP contribution in [0.3, 0.4) is 0 Å². The second kappa shape index (κ2) is 10.0. The highest BCUT2D eigenvalue weighted by atomic mass is 19.3. The van der Waals surface area contributed by atoms with Gasteiger partial charge in [-0.3, -0.25) is 9.59 Å². The van der Waals surface area contributed by atoms with Crippen molar-refractivity contribution in [1.82, 2.24) is 5.32 Å². The Hall–Kier alpha value is -2.96. The van der Waals surface area contributed by atoms with Gasteiger partial charge in [-0.15, -0.1) is 0 Å². The van der Waals surface area contributed by atoms with Crippen LogP contribution in [0.1, 0.15) is 28.7 Å². The Kier molecular flexibility index (Phi) is 7.16. The van der Waals surface area contributed by atoms with Crippen molar-refractivity contribution < 1.29 is 27.8 Å². The number of carbonyl (C=O) groups is 2. The standard InChI is InChI=1S/C22H23F2NO4/c23-22(24)29-19-8-5-15(6-9-19)10-11-25-20(26)14-28-21(27)13-16-4-7-17-2-1-3-18(17)12-16/h4-9,12,22H,1-3,10-11,13-14H2,(H,25,26). The summed E-state index contributed by atoms with van der Waals surface area (Å²) in [6.07, 6.45) is 3.95. The number of fused-ring (bicyclic) bond motifs is 1. The molecule has 3 rings (SSSR count). The molecule has 2 aromatic carbocycles. The molecule has 0 saturated heterocycles. The Balaban J connectivity index is 1.34. The number of ether oxygens (including phenoxy) is 2. The molecular weight excluding hydrogens is 380 g/mol. The van der Waals surface area contributed by atoms with E-state index in [1.165, 1.54) is 23.3 Å². The van der Waals surface area contributed by atoms with Gasteiger partial charge in [0.25, 0.3) is 5.91 Å². The third-order valence-electron chi connectivity index (χ3n) is 4.76. The first-order valence-electron chi connectivity index (χ1n) is 9.56. The SMILES string of the molecule is O=C(COC(=O)Cc1ccc2c(c1)CCC2)NCCc1ccc(OC(F)F)cc1. The van der Waals surface area contributed by atoms with Gasteiger partial charge in [0.1, 0.15) is 5.75 Å². The van der Waals surface area contributed by atoms with Gasteiger partial charge in [-0.2, -0.15) is 8.78 Å². The van der Waals surface area contributed by atoms with Crippen molar-refractivity contribution in [3.05, 3.63) is 64.7 Å². The number of carbonyl (C=O) groups excluding carboxylic acids is 2. The van der Waals surface area contributed by atoms with Crippen LogP contribution in [0.15, 0.2) is 42.5 Å². The van der Waals surface area contributed by atoms with Crippen LogP contribution >= 0.6 is 0 Å². The zero-order valence-electron chi connectivity index (χ0n) is 16.0. The zero-order chi connectivity index (χ0) is 20.6. The summed E-state index contributed by atoms with van der Waals surface area (Å²) in [4.78, 5) is 23.8. The number of hydrogen-bond acceptors (Lipinski definition) is 4. The number of esters is 1. The molecule has 0 spiro atoms. The summed E-state index contributed by atoms with van der Waals surface area (Å²) in [6, 6.07) is 12.2. The number of rotatable bonds is 9. The fraction of sp³-hybridized carbons (Fsp3) is 0.364. The molecule has 1 amide bonds. The van der Waals surface area contributed by atoms with Gasteiger partial charge < -0.3 is 14.8 Å². The van der Waals surface area contributed by atoms with Crippen molar-refractivity contribution >= 4 is 11.9 Å². The van der Waals surface area contributed by atoms with Crippen LogP contribution in [0.2, 0.25) is 0 Å². The lowest BCUT2D eigenvalue weighted by molar-refractivity contribution is -0.147. The highest BCUT2D eigenvalue weighted by Crippen LogP contribution is 2.23. The largest absolute Gasteiger partial charge is 0.455 e. The predicted octanol–water partition coefficient (Wildman–Crippen LogP) is 3.22. The number of alkyl halides is 2. The average Bonchev–Trinajstić information content (AvgIpc) is 3.15. The molecule has 0 aromatic heterocycles. The van der Waals surface area contributed by atoms with Crippen molar-refractivity contribution in [1.29, 1.82) is 0 Å². The van der Waals surface area contributed by atoms with Crippen LogP contribution < -0.4 is 10.1 Å². The lowest BCUT2D eigenvalue weighted by Crippen LogP contribution is -2.30. The highest BCUT2D eigenvalue weighted by Gasteiger charge is 2.13. The van der Waals surface area contributed by atoms with E-state index in [0.717, 1.165) is 30.4 Å². The van der Waals surface area contributed by atoms with E-state index in [9.17, 15) is 18.4 Å². The smallest absolute Gasteiger partial charge is 0.387 e. The van der Waals surface area contributed by atoms with Crippen LogP contribution in [-0.2, 0) is 40.0 Å². The molecule has 0 unspecified atom stereocenters. The quantitative estimate of drug-likeness (QED) is 0.653. The minimum atomic E-state index is -2.86. The maximum Gasteiger partial charge on any atom is 0.387 e. The van der Waals surface area contributed by atoms with E-state index >= 15 is 0 Å². The first-order valence-corrected chi connectivity index (χ1v) is 9.56. The summed E-state index contributed by atoms with van der Waals surface area (Å²) < 4.78 is 33.5. The topological polar surface area (TPSA) is 64.6 Å². The van der Waals surface area contributed by atoms with E-state index in [1.54, 1.807) is 12.1 Å². The first kappa shape index (κ1) is 20.8. The molecule has 1 aliphatic carbocycles. The van der Waals surface area contributed by atoms with Gasteiger partial charge in [-0.05, 0) is 60.1 Å². The monoisotopic (exact) mass is 403 g/mol. The van der Waals surface area contributed by atoms with E-state index in [0.29, 0.717) is 13.0 Å². The van der Waals surface area contributed by atoms with Gasteiger partial charge in [0.15, 0.2) is 6.61 Å². The third kappa shape index (κ3) is 6.55. The molecule has 2 aromatic rings. The number of benzene rings is 2. The molecule has 0 radical (unpaired) electrons. The molecule has 154 valence electrons. The molecule has 0 heterocycles. The zero-order valence-corrected chi connectivity index (χ0v) is 16.0. The minimum Gasteiger partial charge on any atom is -0.455 e. The Bertz CT molecular complexity index is 852. The number of aryl methyl sites for hydroxylation is 2.